The predicted molar refractivity (Wildman–Crippen MR) is 61.8 cm³/mol. The third-order valence-electron chi connectivity index (χ3n) is 3.19. The molecular weight excluding hydrogens is 208 g/mol. The van der Waals surface area contributed by atoms with Crippen molar-refractivity contribution in [3.05, 3.63) is 35.1 Å². The number of aromatic nitrogens is 1. The van der Waals surface area contributed by atoms with Gasteiger partial charge < -0.3 is 5.32 Å². The number of pyridine rings is 1. The van der Waals surface area contributed by atoms with Gasteiger partial charge in [0.1, 0.15) is 5.15 Å². The van der Waals surface area contributed by atoms with Gasteiger partial charge >= 0.3 is 0 Å². The second kappa shape index (κ2) is 3.62. The SMILES string of the molecule is Clc1cccc(C2=C[C@@H]3CC[C@H](C2)N3)n1. The summed E-state index contributed by atoms with van der Waals surface area (Å²) in [5.74, 6) is 0. The summed E-state index contributed by atoms with van der Waals surface area (Å²) in [6.07, 6.45) is 5.94. The van der Waals surface area contributed by atoms with Gasteiger partial charge in [-0.1, -0.05) is 23.7 Å². The molecule has 15 heavy (non-hydrogen) atoms. The molecule has 3 heteroatoms. The van der Waals surface area contributed by atoms with Crippen molar-refractivity contribution in [2.24, 2.45) is 0 Å². The van der Waals surface area contributed by atoms with E-state index < -0.39 is 0 Å². The molecule has 2 bridgehead atoms. The lowest BCUT2D eigenvalue weighted by atomic mass is 10.0. The van der Waals surface area contributed by atoms with Gasteiger partial charge in [0.2, 0.25) is 0 Å². The van der Waals surface area contributed by atoms with Crippen LogP contribution in [0.4, 0.5) is 0 Å². The number of halogens is 1. The molecule has 0 aromatic carbocycles. The summed E-state index contributed by atoms with van der Waals surface area (Å²) in [6, 6.07) is 7.04. The minimum Gasteiger partial charge on any atom is -0.307 e. The Labute approximate surface area is 94.4 Å². The first-order valence-corrected chi connectivity index (χ1v) is 5.79. The molecular formula is C12H13ClN2. The van der Waals surface area contributed by atoms with Crippen molar-refractivity contribution in [1.82, 2.24) is 10.3 Å². The standard InChI is InChI=1S/C12H13ClN2/c13-12-3-1-2-11(15-12)8-6-9-4-5-10(7-8)14-9/h1-3,6,9-10,14H,4-5,7H2/t9-,10+/m0/s1. The van der Waals surface area contributed by atoms with E-state index in [0.717, 1.165) is 12.1 Å². The zero-order valence-corrected chi connectivity index (χ0v) is 9.17. The lowest BCUT2D eigenvalue weighted by molar-refractivity contribution is 0.574. The number of hydrogen-bond donors (Lipinski definition) is 1. The van der Waals surface area contributed by atoms with Gasteiger partial charge in [-0.05, 0) is 37.0 Å². The molecule has 0 aliphatic carbocycles. The lowest BCUT2D eigenvalue weighted by Gasteiger charge is -2.20. The van der Waals surface area contributed by atoms with Gasteiger partial charge in [-0.25, -0.2) is 4.98 Å². The summed E-state index contributed by atoms with van der Waals surface area (Å²) < 4.78 is 0. The zero-order valence-electron chi connectivity index (χ0n) is 8.41. The predicted octanol–water partition coefficient (Wildman–Crippen LogP) is 2.64. The summed E-state index contributed by atoms with van der Waals surface area (Å²) in [7, 11) is 0. The minimum atomic E-state index is 0.555. The van der Waals surface area contributed by atoms with E-state index in [9.17, 15) is 0 Å². The van der Waals surface area contributed by atoms with Crippen molar-refractivity contribution in [3.8, 4) is 0 Å². The Hall–Kier alpha value is -0.860. The molecule has 1 aromatic heterocycles. The van der Waals surface area contributed by atoms with E-state index in [1.165, 1.54) is 18.4 Å². The average Bonchev–Trinajstić information content (AvgIpc) is 2.58. The highest BCUT2D eigenvalue weighted by molar-refractivity contribution is 6.29. The molecule has 1 fully saturated rings. The first-order chi connectivity index (χ1) is 7.31. The molecule has 3 rings (SSSR count). The molecule has 2 aliphatic heterocycles. The zero-order chi connectivity index (χ0) is 10.3. The Balaban J connectivity index is 1.94. The van der Waals surface area contributed by atoms with Crippen molar-refractivity contribution in [2.45, 2.75) is 31.3 Å². The van der Waals surface area contributed by atoms with Gasteiger partial charge in [-0.3, -0.25) is 0 Å². The molecule has 2 nitrogen and oxygen atoms in total. The van der Waals surface area contributed by atoms with Gasteiger partial charge in [-0.2, -0.15) is 0 Å². The molecule has 2 atom stereocenters. The van der Waals surface area contributed by atoms with Crippen LogP contribution >= 0.6 is 11.6 Å². The van der Waals surface area contributed by atoms with Crippen molar-refractivity contribution >= 4 is 17.2 Å². The quantitative estimate of drug-likeness (QED) is 0.736. The molecule has 1 aromatic rings. The Morgan fingerprint density at radius 3 is 3.07 bits per heavy atom. The summed E-state index contributed by atoms with van der Waals surface area (Å²) in [4.78, 5) is 4.36. The van der Waals surface area contributed by atoms with Crippen LogP contribution < -0.4 is 5.32 Å². The second-order valence-corrected chi connectivity index (χ2v) is 4.68. The summed E-state index contributed by atoms with van der Waals surface area (Å²) in [5.41, 5.74) is 2.39. The Bertz CT molecular complexity index is 414. The maximum Gasteiger partial charge on any atom is 0.129 e. The minimum absolute atomic E-state index is 0.555. The number of hydrogen-bond acceptors (Lipinski definition) is 2. The van der Waals surface area contributed by atoms with Crippen molar-refractivity contribution in [3.63, 3.8) is 0 Å². The number of nitrogens with zero attached hydrogens (tertiary/aromatic N) is 1. The van der Waals surface area contributed by atoms with Crippen molar-refractivity contribution in [2.75, 3.05) is 0 Å². The number of nitrogens with one attached hydrogen (secondary N) is 1. The first-order valence-electron chi connectivity index (χ1n) is 5.41. The highest BCUT2D eigenvalue weighted by Crippen LogP contribution is 2.31. The Morgan fingerprint density at radius 1 is 1.33 bits per heavy atom. The van der Waals surface area contributed by atoms with E-state index in [-0.39, 0.29) is 0 Å². The van der Waals surface area contributed by atoms with Crippen LogP contribution in [0.15, 0.2) is 24.3 Å². The molecule has 2 aliphatic rings. The second-order valence-electron chi connectivity index (χ2n) is 4.29. The van der Waals surface area contributed by atoms with Gasteiger partial charge in [-0.15, -0.1) is 0 Å². The maximum absolute atomic E-state index is 5.90. The highest BCUT2D eigenvalue weighted by Gasteiger charge is 2.28. The third-order valence-corrected chi connectivity index (χ3v) is 3.40. The van der Waals surface area contributed by atoms with E-state index in [1.807, 2.05) is 18.2 Å². The molecule has 3 heterocycles. The molecule has 0 saturated carbocycles. The molecule has 78 valence electrons. The number of rotatable bonds is 1. The van der Waals surface area contributed by atoms with E-state index in [1.54, 1.807) is 0 Å². The fourth-order valence-corrected chi connectivity index (χ4v) is 2.66. The van der Waals surface area contributed by atoms with Crippen LogP contribution in [0.3, 0.4) is 0 Å². The molecule has 0 amide bonds. The van der Waals surface area contributed by atoms with Gasteiger partial charge in [0, 0.05) is 12.1 Å². The molecule has 0 radical (unpaired) electrons. The van der Waals surface area contributed by atoms with Crippen molar-refractivity contribution < 1.29 is 0 Å². The van der Waals surface area contributed by atoms with Crippen LogP contribution in [0.5, 0.6) is 0 Å². The first kappa shape index (κ1) is 9.37. The maximum atomic E-state index is 5.90. The summed E-state index contributed by atoms with van der Waals surface area (Å²) in [6.45, 7) is 0. The monoisotopic (exact) mass is 220 g/mol. The van der Waals surface area contributed by atoms with Crippen LogP contribution in [-0.2, 0) is 0 Å². The van der Waals surface area contributed by atoms with Gasteiger partial charge in [0.15, 0.2) is 0 Å². The van der Waals surface area contributed by atoms with E-state index in [2.05, 4.69) is 16.4 Å². The van der Waals surface area contributed by atoms with Crippen LogP contribution in [0, 0.1) is 0 Å². The van der Waals surface area contributed by atoms with E-state index in [4.69, 9.17) is 11.6 Å². The lowest BCUT2D eigenvalue weighted by Crippen LogP contribution is -2.32. The van der Waals surface area contributed by atoms with Crippen LogP contribution in [0.1, 0.15) is 25.0 Å². The summed E-state index contributed by atoms with van der Waals surface area (Å²) in [5, 5.41) is 4.15. The fourth-order valence-electron chi connectivity index (χ4n) is 2.50. The molecule has 0 unspecified atom stereocenters. The van der Waals surface area contributed by atoms with E-state index >= 15 is 0 Å². The largest absolute Gasteiger partial charge is 0.307 e. The normalized spacial score (nSPS) is 29.0. The molecule has 0 spiro atoms. The van der Waals surface area contributed by atoms with Crippen LogP contribution in [0.25, 0.3) is 5.57 Å². The highest BCUT2D eigenvalue weighted by atomic mass is 35.5. The Morgan fingerprint density at radius 2 is 2.27 bits per heavy atom. The average molecular weight is 221 g/mol. The Kier molecular flexibility index (Phi) is 2.26. The van der Waals surface area contributed by atoms with Crippen molar-refractivity contribution in [1.29, 1.82) is 0 Å². The van der Waals surface area contributed by atoms with E-state index in [0.29, 0.717) is 17.2 Å². The fraction of sp³-hybridized carbons (Fsp3) is 0.417. The van der Waals surface area contributed by atoms with Gasteiger partial charge in [0.05, 0.1) is 5.69 Å². The van der Waals surface area contributed by atoms with Crippen LogP contribution in [0.2, 0.25) is 5.15 Å². The van der Waals surface area contributed by atoms with Crippen LogP contribution in [-0.4, -0.2) is 17.1 Å². The topological polar surface area (TPSA) is 24.9 Å². The number of fused-ring (bicyclic) bond motifs is 2. The molecule has 1 N–H and O–H groups in total. The summed E-state index contributed by atoms with van der Waals surface area (Å²) >= 11 is 5.90. The smallest absolute Gasteiger partial charge is 0.129 e. The third kappa shape index (κ3) is 1.80. The van der Waals surface area contributed by atoms with Gasteiger partial charge in [0.25, 0.3) is 0 Å². The molecule has 1 saturated heterocycles.